The van der Waals surface area contributed by atoms with Gasteiger partial charge in [0.05, 0.1) is 5.03 Å². The molecule has 2 heterocycles. The van der Waals surface area contributed by atoms with Crippen LogP contribution in [0.5, 0.6) is 0 Å². The molecule has 6 heteroatoms. The average Bonchev–Trinajstić information content (AvgIpc) is 3.24. The molecule has 1 N–H and O–H groups in total. The lowest BCUT2D eigenvalue weighted by Crippen LogP contribution is -2.45. The minimum absolute atomic E-state index is 0.0283. The van der Waals surface area contributed by atoms with Gasteiger partial charge in [-0.3, -0.25) is 4.79 Å². The minimum atomic E-state index is -0.617. The Bertz CT molecular complexity index is 1150. The number of furan rings is 1. The maximum Gasteiger partial charge on any atom is 0.266 e. The number of aryl methyl sites for hydroxylation is 2. The predicted molar refractivity (Wildman–Crippen MR) is 120 cm³/mol. The van der Waals surface area contributed by atoms with E-state index in [0.717, 1.165) is 17.7 Å². The van der Waals surface area contributed by atoms with Crippen LogP contribution in [-0.4, -0.2) is 5.91 Å². The summed E-state index contributed by atoms with van der Waals surface area (Å²) in [5.41, 5.74) is 4.09. The Labute approximate surface area is 181 Å². The standard InChI is InChI=1S/C24H21N3O2S/c1-3-16-6-10-18(11-7-16)27-22(26-23(28)19(14-25)24(27)30)21-13-12-20(29-21)17-8-4-15(2)5-9-17/h4-13,22,30H,3H2,1-2H3,(H,26,28). The van der Waals surface area contributed by atoms with Crippen molar-refractivity contribution in [3.8, 4) is 17.4 Å². The fourth-order valence-corrected chi connectivity index (χ4v) is 3.82. The number of thiol groups is 1. The SMILES string of the molecule is CCc1ccc(N2C(S)=C(C#N)C(=O)NC2c2ccc(-c3ccc(C)cc3)o2)cc1. The lowest BCUT2D eigenvalue weighted by molar-refractivity contribution is -0.118. The maximum atomic E-state index is 12.5. The van der Waals surface area contributed by atoms with E-state index in [4.69, 9.17) is 4.42 Å². The monoisotopic (exact) mass is 415 g/mol. The Morgan fingerprint density at radius 3 is 2.43 bits per heavy atom. The summed E-state index contributed by atoms with van der Waals surface area (Å²) >= 11 is 4.53. The van der Waals surface area contributed by atoms with Crippen LogP contribution in [0.1, 0.15) is 30.0 Å². The molecule has 0 spiro atoms. The highest BCUT2D eigenvalue weighted by atomic mass is 32.1. The van der Waals surface area contributed by atoms with E-state index >= 15 is 0 Å². The second-order valence-electron chi connectivity index (χ2n) is 7.14. The van der Waals surface area contributed by atoms with E-state index in [1.54, 1.807) is 4.90 Å². The molecule has 1 aliphatic heterocycles. The zero-order chi connectivity index (χ0) is 21.3. The van der Waals surface area contributed by atoms with Crippen LogP contribution in [-0.2, 0) is 11.2 Å². The highest BCUT2D eigenvalue weighted by molar-refractivity contribution is 7.84. The summed E-state index contributed by atoms with van der Waals surface area (Å²) < 4.78 is 6.12. The number of carbonyl (C=O) groups is 1. The maximum absolute atomic E-state index is 12.5. The quantitative estimate of drug-likeness (QED) is 0.581. The van der Waals surface area contributed by atoms with Gasteiger partial charge in [-0.25, -0.2) is 0 Å². The molecule has 0 fully saturated rings. The highest BCUT2D eigenvalue weighted by Crippen LogP contribution is 2.37. The van der Waals surface area contributed by atoms with Crippen molar-refractivity contribution in [1.82, 2.24) is 5.32 Å². The Morgan fingerprint density at radius 2 is 1.80 bits per heavy atom. The normalized spacial score (nSPS) is 16.4. The summed E-state index contributed by atoms with van der Waals surface area (Å²) in [5, 5.41) is 12.6. The van der Waals surface area contributed by atoms with Crippen LogP contribution in [0.2, 0.25) is 0 Å². The van der Waals surface area contributed by atoms with Crippen LogP contribution < -0.4 is 10.2 Å². The number of rotatable bonds is 4. The van der Waals surface area contributed by atoms with E-state index in [0.29, 0.717) is 16.5 Å². The number of nitriles is 1. The fraction of sp³-hybridized carbons (Fsp3) is 0.167. The van der Waals surface area contributed by atoms with Crippen molar-refractivity contribution < 1.29 is 9.21 Å². The van der Waals surface area contributed by atoms with Gasteiger partial charge in [-0.15, -0.1) is 12.6 Å². The predicted octanol–water partition coefficient (Wildman–Crippen LogP) is 5.12. The first-order chi connectivity index (χ1) is 14.5. The van der Waals surface area contributed by atoms with Crippen molar-refractivity contribution in [2.75, 3.05) is 4.90 Å². The Hall–Kier alpha value is -3.43. The van der Waals surface area contributed by atoms with E-state index in [9.17, 15) is 10.1 Å². The van der Waals surface area contributed by atoms with Crippen LogP contribution in [0.25, 0.3) is 11.3 Å². The van der Waals surface area contributed by atoms with Gasteiger partial charge in [0.2, 0.25) is 0 Å². The van der Waals surface area contributed by atoms with Crippen molar-refractivity contribution in [2.24, 2.45) is 0 Å². The summed E-state index contributed by atoms with van der Waals surface area (Å²) in [4.78, 5) is 14.3. The van der Waals surface area contributed by atoms with Crippen LogP contribution >= 0.6 is 12.6 Å². The van der Waals surface area contributed by atoms with Gasteiger partial charge in [-0.1, -0.05) is 48.9 Å². The lowest BCUT2D eigenvalue weighted by Gasteiger charge is -2.36. The zero-order valence-corrected chi connectivity index (χ0v) is 17.6. The van der Waals surface area contributed by atoms with Crippen molar-refractivity contribution in [3.63, 3.8) is 0 Å². The van der Waals surface area contributed by atoms with Gasteiger partial charge in [0, 0.05) is 11.3 Å². The first-order valence-corrected chi connectivity index (χ1v) is 10.2. The van der Waals surface area contributed by atoms with E-state index in [1.165, 1.54) is 11.1 Å². The van der Waals surface area contributed by atoms with Crippen molar-refractivity contribution >= 4 is 24.2 Å². The zero-order valence-electron chi connectivity index (χ0n) is 16.7. The van der Waals surface area contributed by atoms with Crippen LogP contribution in [0, 0.1) is 18.3 Å². The summed E-state index contributed by atoms with van der Waals surface area (Å²) in [7, 11) is 0. The lowest BCUT2D eigenvalue weighted by atomic mass is 10.1. The molecule has 150 valence electrons. The smallest absolute Gasteiger partial charge is 0.266 e. The van der Waals surface area contributed by atoms with Crippen LogP contribution in [0.4, 0.5) is 5.69 Å². The van der Waals surface area contributed by atoms with Gasteiger partial charge in [-0.05, 0) is 43.2 Å². The van der Waals surface area contributed by atoms with Gasteiger partial charge >= 0.3 is 0 Å². The van der Waals surface area contributed by atoms with Crippen molar-refractivity contribution in [1.29, 1.82) is 5.26 Å². The Balaban J connectivity index is 1.77. The van der Waals surface area contributed by atoms with Gasteiger partial charge in [0.15, 0.2) is 6.17 Å². The summed E-state index contributed by atoms with van der Waals surface area (Å²) in [5.74, 6) is 0.792. The largest absolute Gasteiger partial charge is 0.457 e. The molecule has 30 heavy (non-hydrogen) atoms. The third-order valence-electron chi connectivity index (χ3n) is 5.17. The number of benzene rings is 2. The fourth-order valence-electron chi connectivity index (χ4n) is 3.44. The second kappa shape index (κ2) is 8.13. The molecule has 1 aromatic heterocycles. The van der Waals surface area contributed by atoms with Gasteiger partial charge < -0.3 is 14.6 Å². The molecule has 0 bridgehead atoms. The molecule has 5 nitrogen and oxygen atoms in total. The minimum Gasteiger partial charge on any atom is -0.457 e. The van der Waals surface area contributed by atoms with E-state index in [2.05, 4.69) is 24.9 Å². The molecule has 1 aliphatic rings. The Kier molecular flexibility index (Phi) is 5.39. The first-order valence-electron chi connectivity index (χ1n) is 9.71. The van der Waals surface area contributed by atoms with Crippen LogP contribution in [0.15, 0.2) is 75.7 Å². The number of nitrogens with zero attached hydrogens (tertiary/aromatic N) is 2. The van der Waals surface area contributed by atoms with E-state index in [1.807, 2.05) is 73.7 Å². The number of carbonyl (C=O) groups excluding carboxylic acids is 1. The number of hydrogen-bond donors (Lipinski definition) is 2. The molecule has 1 amide bonds. The van der Waals surface area contributed by atoms with E-state index < -0.39 is 12.1 Å². The molecule has 1 atom stereocenters. The summed E-state index contributed by atoms with van der Waals surface area (Å²) in [6.07, 6.45) is 0.305. The molecular formula is C24H21N3O2S. The third-order valence-corrected chi connectivity index (χ3v) is 5.61. The molecule has 0 saturated heterocycles. The molecular weight excluding hydrogens is 394 g/mol. The van der Waals surface area contributed by atoms with Gasteiger partial charge in [0.1, 0.15) is 23.2 Å². The molecule has 2 aromatic carbocycles. The topological polar surface area (TPSA) is 69.3 Å². The van der Waals surface area contributed by atoms with Gasteiger partial charge in [-0.2, -0.15) is 5.26 Å². The molecule has 1 unspecified atom stereocenters. The molecule has 0 radical (unpaired) electrons. The molecule has 4 rings (SSSR count). The number of nitrogens with one attached hydrogen (secondary N) is 1. The Morgan fingerprint density at radius 1 is 1.10 bits per heavy atom. The molecule has 3 aromatic rings. The number of hydrogen-bond acceptors (Lipinski definition) is 5. The molecule has 0 aliphatic carbocycles. The summed E-state index contributed by atoms with van der Waals surface area (Å²) in [6, 6.07) is 21.7. The average molecular weight is 416 g/mol. The third kappa shape index (κ3) is 3.60. The van der Waals surface area contributed by atoms with E-state index in [-0.39, 0.29) is 5.57 Å². The second-order valence-corrected chi connectivity index (χ2v) is 7.57. The highest BCUT2D eigenvalue weighted by Gasteiger charge is 2.35. The van der Waals surface area contributed by atoms with Crippen molar-refractivity contribution in [2.45, 2.75) is 26.4 Å². The van der Waals surface area contributed by atoms with Gasteiger partial charge in [0.25, 0.3) is 5.91 Å². The molecule has 0 saturated carbocycles. The number of anilines is 1. The number of amides is 1. The first kappa shape index (κ1) is 19.9. The van der Waals surface area contributed by atoms with Crippen LogP contribution in [0.3, 0.4) is 0 Å². The van der Waals surface area contributed by atoms with Crippen molar-refractivity contribution in [3.05, 3.63) is 88.2 Å². The summed E-state index contributed by atoms with van der Waals surface area (Å²) in [6.45, 7) is 4.12.